The summed E-state index contributed by atoms with van der Waals surface area (Å²) in [4.78, 5) is 4.30. The molecule has 0 saturated heterocycles. The molecule has 0 aliphatic heterocycles. The van der Waals surface area contributed by atoms with E-state index in [2.05, 4.69) is 20.9 Å². The summed E-state index contributed by atoms with van der Waals surface area (Å²) in [6.45, 7) is 1.67. The fourth-order valence-electron chi connectivity index (χ4n) is 1.88. The van der Waals surface area contributed by atoms with Gasteiger partial charge >= 0.3 is 0 Å². The molecule has 5 heteroatoms. The first-order chi connectivity index (χ1) is 9.56. The van der Waals surface area contributed by atoms with E-state index in [0.717, 1.165) is 0 Å². The third kappa shape index (κ3) is 2.98. The summed E-state index contributed by atoms with van der Waals surface area (Å²) in [7, 11) is 1.52. The van der Waals surface area contributed by atoms with E-state index in [1.165, 1.54) is 13.2 Å². The molecule has 0 aliphatic carbocycles. The fraction of sp³-hybridized carbons (Fsp3) is 0.267. The van der Waals surface area contributed by atoms with Gasteiger partial charge in [-0.1, -0.05) is 15.9 Å². The summed E-state index contributed by atoms with van der Waals surface area (Å²) < 4.78 is 32.3. The van der Waals surface area contributed by atoms with Gasteiger partial charge < -0.3 is 4.74 Å². The Morgan fingerprint density at radius 2 is 2.05 bits per heavy atom. The van der Waals surface area contributed by atoms with Crippen LogP contribution >= 0.6 is 15.9 Å². The van der Waals surface area contributed by atoms with Gasteiger partial charge in [-0.05, 0) is 42.8 Å². The van der Waals surface area contributed by atoms with Crippen molar-refractivity contribution in [2.75, 3.05) is 12.4 Å². The number of aryl methyl sites for hydroxylation is 1. The van der Waals surface area contributed by atoms with Crippen molar-refractivity contribution in [2.45, 2.75) is 13.1 Å². The van der Waals surface area contributed by atoms with Crippen LogP contribution in [0.3, 0.4) is 0 Å². The average Bonchev–Trinajstić information content (AvgIpc) is 2.48. The Morgan fingerprint density at radius 3 is 2.65 bits per heavy atom. The largest absolute Gasteiger partial charge is 0.494 e. The number of hydrogen-bond donors (Lipinski definition) is 0. The summed E-state index contributed by atoms with van der Waals surface area (Å²) >= 11 is 3.09. The Kier molecular flexibility index (Phi) is 4.70. The van der Waals surface area contributed by atoms with Gasteiger partial charge in [0.15, 0.2) is 6.17 Å². The van der Waals surface area contributed by atoms with Crippen LogP contribution in [0.25, 0.3) is 11.3 Å². The molecule has 0 bridgehead atoms. The highest BCUT2D eigenvalue weighted by Gasteiger charge is 2.15. The van der Waals surface area contributed by atoms with Gasteiger partial charge in [0.25, 0.3) is 0 Å². The van der Waals surface area contributed by atoms with Crippen LogP contribution in [0.5, 0.6) is 5.75 Å². The van der Waals surface area contributed by atoms with Crippen LogP contribution < -0.4 is 4.74 Å². The van der Waals surface area contributed by atoms with Crippen molar-refractivity contribution in [3.8, 4) is 17.0 Å². The summed E-state index contributed by atoms with van der Waals surface area (Å²) in [5.41, 5.74) is 2.04. The second kappa shape index (κ2) is 6.31. The van der Waals surface area contributed by atoms with Crippen LogP contribution in [-0.4, -0.2) is 17.4 Å². The molecule has 2 nitrogen and oxygen atoms in total. The van der Waals surface area contributed by atoms with Crippen LogP contribution in [0.1, 0.15) is 17.4 Å². The quantitative estimate of drug-likeness (QED) is 0.757. The molecule has 2 rings (SSSR count). The fourth-order valence-corrected chi connectivity index (χ4v) is 2.21. The number of ether oxygens (including phenoxy) is 1. The number of halogens is 3. The van der Waals surface area contributed by atoms with Gasteiger partial charge in [-0.15, -0.1) is 0 Å². The van der Waals surface area contributed by atoms with Crippen LogP contribution in [0.2, 0.25) is 0 Å². The number of hydrogen-bond acceptors (Lipinski definition) is 2. The molecular formula is C15H14BrF2NO. The number of benzene rings is 1. The van der Waals surface area contributed by atoms with E-state index in [4.69, 9.17) is 4.74 Å². The van der Waals surface area contributed by atoms with Crippen molar-refractivity contribution in [3.05, 3.63) is 47.4 Å². The molecule has 0 spiro atoms. The molecule has 2 aromatic rings. The normalized spacial score (nSPS) is 12.2. The maximum absolute atomic E-state index is 13.7. The second-order valence-corrected chi connectivity index (χ2v) is 5.02. The minimum absolute atomic E-state index is 0.175. The number of methoxy groups -OCH3 is 1. The smallest absolute Gasteiger partial charge is 0.152 e. The Morgan fingerprint density at radius 1 is 1.30 bits per heavy atom. The summed E-state index contributed by atoms with van der Waals surface area (Å²) in [5, 5.41) is 0.175. The van der Waals surface area contributed by atoms with E-state index < -0.39 is 6.17 Å². The van der Waals surface area contributed by atoms with Gasteiger partial charge in [0, 0.05) is 10.9 Å². The third-order valence-electron chi connectivity index (χ3n) is 2.99. The molecule has 20 heavy (non-hydrogen) atoms. The Hall–Kier alpha value is -1.49. The first kappa shape index (κ1) is 14.9. The zero-order chi connectivity index (χ0) is 14.7. The Labute approximate surface area is 124 Å². The van der Waals surface area contributed by atoms with Crippen molar-refractivity contribution < 1.29 is 13.5 Å². The summed E-state index contributed by atoms with van der Waals surface area (Å²) in [5.74, 6) is 0.245. The maximum Gasteiger partial charge on any atom is 0.152 e. The Balaban J connectivity index is 2.54. The van der Waals surface area contributed by atoms with E-state index in [-0.39, 0.29) is 11.1 Å². The van der Waals surface area contributed by atoms with Crippen LogP contribution in [0.15, 0.2) is 30.3 Å². The lowest BCUT2D eigenvalue weighted by Gasteiger charge is -2.12. The second-order valence-electron chi connectivity index (χ2n) is 4.37. The third-order valence-corrected chi connectivity index (χ3v) is 3.56. The minimum Gasteiger partial charge on any atom is -0.494 e. The molecule has 106 valence electrons. The van der Waals surface area contributed by atoms with Gasteiger partial charge in [-0.3, -0.25) is 0 Å². The zero-order valence-corrected chi connectivity index (χ0v) is 12.7. The lowest BCUT2D eigenvalue weighted by atomic mass is 10.1. The number of pyridine rings is 1. The molecule has 1 unspecified atom stereocenters. The van der Waals surface area contributed by atoms with E-state index in [1.54, 1.807) is 31.2 Å². The number of alkyl halides is 2. The van der Waals surface area contributed by atoms with Crippen molar-refractivity contribution in [1.29, 1.82) is 0 Å². The van der Waals surface area contributed by atoms with Gasteiger partial charge in [-0.2, -0.15) is 0 Å². The molecule has 1 aromatic carbocycles. The van der Waals surface area contributed by atoms with Gasteiger partial charge in [0.1, 0.15) is 17.3 Å². The molecule has 1 aromatic heterocycles. The predicted molar refractivity (Wildman–Crippen MR) is 78.6 cm³/mol. The van der Waals surface area contributed by atoms with E-state index in [9.17, 15) is 8.78 Å². The molecule has 0 fully saturated rings. The molecule has 1 heterocycles. The topological polar surface area (TPSA) is 22.1 Å². The number of rotatable bonds is 4. The predicted octanol–water partition coefficient (Wildman–Crippen LogP) is 4.61. The molecule has 0 aliphatic rings. The molecule has 0 radical (unpaired) electrons. The van der Waals surface area contributed by atoms with Crippen molar-refractivity contribution in [3.63, 3.8) is 0 Å². The van der Waals surface area contributed by atoms with Gasteiger partial charge in [0.2, 0.25) is 0 Å². The SMILES string of the molecule is COc1ccc(C(F)CBr)nc1-c1ccc(F)c(C)c1. The Bertz CT molecular complexity index is 619. The van der Waals surface area contributed by atoms with Crippen molar-refractivity contribution in [2.24, 2.45) is 0 Å². The minimum atomic E-state index is -1.19. The first-order valence-corrected chi connectivity index (χ1v) is 7.20. The van der Waals surface area contributed by atoms with Crippen LogP contribution in [-0.2, 0) is 0 Å². The monoisotopic (exact) mass is 341 g/mol. The van der Waals surface area contributed by atoms with E-state index >= 15 is 0 Å². The van der Waals surface area contributed by atoms with Gasteiger partial charge in [0.05, 0.1) is 12.8 Å². The standard InChI is InChI=1S/C15H14BrF2NO/c1-9-7-10(3-4-11(9)17)15-14(20-2)6-5-13(19-15)12(18)8-16/h3-7,12H,8H2,1-2H3. The molecule has 0 saturated carbocycles. The molecular weight excluding hydrogens is 328 g/mol. The number of nitrogens with zero attached hydrogens (tertiary/aromatic N) is 1. The van der Waals surface area contributed by atoms with Gasteiger partial charge in [-0.25, -0.2) is 13.8 Å². The highest BCUT2D eigenvalue weighted by Crippen LogP contribution is 2.31. The average molecular weight is 342 g/mol. The molecule has 0 N–H and O–H groups in total. The lowest BCUT2D eigenvalue weighted by molar-refractivity contribution is 0.372. The molecule has 1 atom stereocenters. The van der Waals surface area contributed by atoms with Crippen molar-refractivity contribution in [1.82, 2.24) is 4.98 Å². The van der Waals surface area contributed by atoms with Crippen molar-refractivity contribution >= 4 is 15.9 Å². The number of aromatic nitrogens is 1. The lowest BCUT2D eigenvalue weighted by Crippen LogP contribution is -2.00. The zero-order valence-electron chi connectivity index (χ0n) is 11.2. The van der Waals surface area contributed by atoms with Crippen LogP contribution in [0.4, 0.5) is 8.78 Å². The first-order valence-electron chi connectivity index (χ1n) is 6.08. The molecule has 0 amide bonds. The van der Waals surface area contributed by atoms with E-state index in [1.807, 2.05) is 0 Å². The highest BCUT2D eigenvalue weighted by molar-refractivity contribution is 9.09. The highest BCUT2D eigenvalue weighted by atomic mass is 79.9. The van der Waals surface area contributed by atoms with Crippen LogP contribution in [0, 0.1) is 12.7 Å². The van der Waals surface area contributed by atoms with E-state index in [0.29, 0.717) is 28.3 Å². The summed E-state index contributed by atoms with van der Waals surface area (Å²) in [6.07, 6.45) is -1.19. The summed E-state index contributed by atoms with van der Waals surface area (Å²) in [6, 6.07) is 7.91. The maximum atomic E-state index is 13.7.